The van der Waals surface area contributed by atoms with Crippen molar-refractivity contribution < 1.29 is 4.79 Å². The maximum atomic E-state index is 11.5. The second-order valence-corrected chi connectivity index (χ2v) is 4.89. The summed E-state index contributed by atoms with van der Waals surface area (Å²) in [7, 11) is 0. The molecule has 94 valence electrons. The lowest BCUT2D eigenvalue weighted by Crippen LogP contribution is -2.03. The van der Waals surface area contributed by atoms with Gasteiger partial charge in [-0.25, -0.2) is 0 Å². The van der Waals surface area contributed by atoms with Crippen LogP contribution in [-0.4, -0.2) is 5.78 Å². The third kappa shape index (κ3) is 4.33. The molecule has 0 aliphatic heterocycles. The highest BCUT2D eigenvalue weighted by Crippen LogP contribution is 2.25. The van der Waals surface area contributed by atoms with Gasteiger partial charge in [-0.2, -0.15) is 0 Å². The molecule has 0 bridgehead atoms. The van der Waals surface area contributed by atoms with E-state index in [1.807, 2.05) is 18.2 Å². The molecule has 0 fully saturated rings. The normalized spacial score (nSPS) is 12.4. The molecule has 0 saturated heterocycles. The van der Waals surface area contributed by atoms with Crippen molar-refractivity contribution in [3.8, 4) is 0 Å². The minimum absolute atomic E-state index is 0.181. The molecule has 0 amide bonds. The Morgan fingerprint density at radius 3 is 2.53 bits per heavy atom. The molecule has 0 saturated carbocycles. The van der Waals surface area contributed by atoms with E-state index in [2.05, 4.69) is 19.9 Å². The number of benzene rings is 1. The van der Waals surface area contributed by atoms with Crippen molar-refractivity contribution >= 4 is 5.78 Å². The Bertz CT molecular complexity index is 354. The van der Waals surface area contributed by atoms with E-state index in [0.717, 1.165) is 5.56 Å². The summed E-state index contributed by atoms with van der Waals surface area (Å²) in [6.07, 6.45) is 6.36. The quantitative estimate of drug-likeness (QED) is 0.479. The number of hydrogen-bond donors (Lipinski definition) is 0. The maximum Gasteiger partial charge on any atom is 0.160 e. The minimum Gasteiger partial charge on any atom is -0.295 e. The summed E-state index contributed by atoms with van der Waals surface area (Å²) < 4.78 is 0. The van der Waals surface area contributed by atoms with Crippen LogP contribution in [0.1, 0.15) is 74.7 Å². The first-order valence-electron chi connectivity index (χ1n) is 6.76. The van der Waals surface area contributed by atoms with Gasteiger partial charge in [0, 0.05) is 5.56 Å². The number of rotatable bonds is 7. The Morgan fingerprint density at radius 1 is 1.18 bits per heavy atom. The van der Waals surface area contributed by atoms with Crippen LogP contribution in [0.4, 0.5) is 0 Å². The van der Waals surface area contributed by atoms with E-state index in [4.69, 9.17) is 0 Å². The summed E-state index contributed by atoms with van der Waals surface area (Å²) in [6, 6.07) is 8.02. The van der Waals surface area contributed by atoms with Crippen molar-refractivity contribution in [1.29, 1.82) is 0 Å². The molecule has 0 aliphatic rings. The standard InChI is InChI=1S/C16H24O/c1-4-5-6-7-10-13(2)15-11-8-9-12-16(15)14(3)17/h8-9,11-13H,4-7,10H2,1-3H3. The largest absolute Gasteiger partial charge is 0.295 e. The van der Waals surface area contributed by atoms with E-state index in [1.54, 1.807) is 6.92 Å². The van der Waals surface area contributed by atoms with Crippen molar-refractivity contribution in [2.45, 2.75) is 58.8 Å². The summed E-state index contributed by atoms with van der Waals surface area (Å²) in [4.78, 5) is 11.5. The summed E-state index contributed by atoms with van der Waals surface area (Å²) >= 11 is 0. The lowest BCUT2D eigenvalue weighted by Gasteiger charge is -2.14. The molecule has 1 nitrogen and oxygen atoms in total. The van der Waals surface area contributed by atoms with Crippen LogP contribution in [0, 0.1) is 0 Å². The zero-order chi connectivity index (χ0) is 12.7. The van der Waals surface area contributed by atoms with E-state index in [1.165, 1.54) is 37.7 Å². The van der Waals surface area contributed by atoms with Gasteiger partial charge in [-0.15, -0.1) is 0 Å². The van der Waals surface area contributed by atoms with Crippen LogP contribution in [0.2, 0.25) is 0 Å². The van der Waals surface area contributed by atoms with Crippen molar-refractivity contribution in [3.63, 3.8) is 0 Å². The number of carbonyl (C=O) groups is 1. The molecule has 0 aromatic heterocycles. The van der Waals surface area contributed by atoms with Gasteiger partial charge in [0.25, 0.3) is 0 Å². The third-order valence-electron chi connectivity index (χ3n) is 3.36. The maximum absolute atomic E-state index is 11.5. The molecule has 1 heteroatoms. The van der Waals surface area contributed by atoms with Gasteiger partial charge in [-0.1, -0.05) is 63.8 Å². The van der Waals surface area contributed by atoms with E-state index in [0.29, 0.717) is 5.92 Å². The van der Waals surface area contributed by atoms with Crippen LogP contribution in [-0.2, 0) is 0 Å². The van der Waals surface area contributed by atoms with E-state index in [9.17, 15) is 4.79 Å². The molecule has 0 spiro atoms. The van der Waals surface area contributed by atoms with Crippen molar-refractivity contribution in [2.24, 2.45) is 0 Å². The lowest BCUT2D eigenvalue weighted by molar-refractivity contribution is 0.101. The molecule has 0 heterocycles. The second kappa shape index (κ2) is 7.26. The van der Waals surface area contributed by atoms with Gasteiger partial charge in [0.15, 0.2) is 5.78 Å². The minimum atomic E-state index is 0.181. The predicted molar refractivity (Wildman–Crippen MR) is 73.6 cm³/mol. The van der Waals surface area contributed by atoms with Crippen LogP contribution >= 0.6 is 0 Å². The third-order valence-corrected chi connectivity index (χ3v) is 3.36. The van der Waals surface area contributed by atoms with Crippen LogP contribution in [0.3, 0.4) is 0 Å². The highest BCUT2D eigenvalue weighted by atomic mass is 16.1. The molecule has 17 heavy (non-hydrogen) atoms. The van der Waals surface area contributed by atoms with Crippen molar-refractivity contribution in [1.82, 2.24) is 0 Å². The molecule has 1 aromatic rings. The number of ketones is 1. The number of Topliss-reactive ketones (excluding diaryl/α,β-unsaturated/α-hetero) is 1. The van der Waals surface area contributed by atoms with Gasteiger partial charge in [0.05, 0.1) is 0 Å². The molecule has 1 unspecified atom stereocenters. The van der Waals surface area contributed by atoms with Crippen LogP contribution in [0.15, 0.2) is 24.3 Å². The number of hydrogen-bond acceptors (Lipinski definition) is 1. The van der Waals surface area contributed by atoms with Crippen LogP contribution in [0.5, 0.6) is 0 Å². The van der Waals surface area contributed by atoms with Crippen LogP contribution < -0.4 is 0 Å². The summed E-state index contributed by atoms with van der Waals surface area (Å²) in [5.41, 5.74) is 2.12. The SMILES string of the molecule is CCCCCCC(C)c1ccccc1C(C)=O. The fourth-order valence-corrected chi connectivity index (χ4v) is 2.28. The molecule has 1 atom stereocenters. The Balaban J connectivity index is 2.62. The first kappa shape index (κ1) is 14.0. The Kier molecular flexibility index (Phi) is 5.96. The average molecular weight is 232 g/mol. The zero-order valence-electron chi connectivity index (χ0n) is 11.3. The highest BCUT2D eigenvalue weighted by molar-refractivity contribution is 5.95. The highest BCUT2D eigenvalue weighted by Gasteiger charge is 2.12. The van der Waals surface area contributed by atoms with Gasteiger partial charge in [0.2, 0.25) is 0 Å². The number of unbranched alkanes of at least 4 members (excludes halogenated alkanes) is 3. The summed E-state index contributed by atoms with van der Waals surface area (Å²) in [5.74, 6) is 0.674. The number of carbonyl (C=O) groups excluding carboxylic acids is 1. The Labute approximate surface area is 105 Å². The zero-order valence-corrected chi connectivity index (χ0v) is 11.3. The van der Waals surface area contributed by atoms with E-state index in [-0.39, 0.29) is 5.78 Å². The van der Waals surface area contributed by atoms with E-state index >= 15 is 0 Å². The van der Waals surface area contributed by atoms with Crippen LogP contribution in [0.25, 0.3) is 0 Å². The first-order chi connectivity index (χ1) is 8.16. The molecule has 1 aromatic carbocycles. The van der Waals surface area contributed by atoms with Gasteiger partial charge in [-0.05, 0) is 24.8 Å². The molecule has 0 radical (unpaired) electrons. The molecule has 0 N–H and O–H groups in total. The fourth-order valence-electron chi connectivity index (χ4n) is 2.28. The Morgan fingerprint density at radius 2 is 1.88 bits per heavy atom. The molecular weight excluding hydrogens is 208 g/mol. The molecule has 0 aliphatic carbocycles. The van der Waals surface area contributed by atoms with Gasteiger partial charge in [0.1, 0.15) is 0 Å². The van der Waals surface area contributed by atoms with E-state index < -0.39 is 0 Å². The van der Waals surface area contributed by atoms with Gasteiger partial charge >= 0.3 is 0 Å². The monoisotopic (exact) mass is 232 g/mol. The predicted octanol–water partition coefficient (Wildman–Crippen LogP) is 4.96. The fraction of sp³-hybridized carbons (Fsp3) is 0.562. The molecule has 1 rings (SSSR count). The smallest absolute Gasteiger partial charge is 0.160 e. The Hall–Kier alpha value is -1.11. The second-order valence-electron chi connectivity index (χ2n) is 4.89. The van der Waals surface area contributed by atoms with Crippen molar-refractivity contribution in [3.05, 3.63) is 35.4 Å². The lowest BCUT2D eigenvalue weighted by atomic mass is 9.90. The summed E-state index contributed by atoms with van der Waals surface area (Å²) in [5, 5.41) is 0. The van der Waals surface area contributed by atoms with Crippen molar-refractivity contribution in [2.75, 3.05) is 0 Å². The first-order valence-corrected chi connectivity index (χ1v) is 6.76. The summed E-state index contributed by atoms with van der Waals surface area (Å²) in [6.45, 7) is 6.12. The van der Waals surface area contributed by atoms with Gasteiger partial charge < -0.3 is 0 Å². The van der Waals surface area contributed by atoms with Gasteiger partial charge in [-0.3, -0.25) is 4.79 Å². The topological polar surface area (TPSA) is 17.1 Å². The average Bonchev–Trinajstić information content (AvgIpc) is 2.34. The molecular formula is C16H24O.